The maximum absolute atomic E-state index is 6.11. The number of aliphatic imine (C=N–C) groups is 1. The molecule has 3 rings (SSSR count). The second kappa shape index (κ2) is 6.00. The van der Waals surface area contributed by atoms with Crippen molar-refractivity contribution in [1.82, 2.24) is 9.55 Å². The Balaban J connectivity index is 1.91. The molecule has 0 unspecified atom stereocenters. The number of hydrogen-bond acceptors (Lipinski definition) is 3. The zero-order valence-electron chi connectivity index (χ0n) is 13.9. The van der Waals surface area contributed by atoms with Crippen molar-refractivity contribution < 1.29 is 4.43 Å². The number of nitrogens with zero attached hydrogens (tertiary/aromatic N) is 3. The standard InChI is InChI=1S/C18H21N3OSi/c1-21-13-20-15-10-9-14(11-17(15)21)12-19-16-7-5-6-8-18(16)22-23(2,3)4/h5-13H,1-4H3. The summed E-state index contributed by atoms with van der Waals surface area (Å²) >= 11 is 0. The van der Waals surface area contributed by atoms with Gasteiger partial charge in [0.15, 0.2) is 0 Å². The number of imidazole rings is 1. The van der Waals surface area contributed by atoms with Gasteiger partial charge in [0.05, 0.1) is 17.4 Å². The fraction of sp³-hybridized carbons (Fsp3) is 0.222. The molecular weight excluding hydrogens is 302 g/mol. The lowest BCUT2D eigenvalue weighted by Gasteiger charge is -2.20. The van der Waals surface area contributed by atoms with E-state index in [4.69, 9.17) is 4.43 Å². The molecule has 1 aromatic heterocycles. The Morgan fingerprint density at radius 3 is 2.70 bits per heavy atom. The number of fused-ring (bicyclic) bond motifs is 1. The molecule has 5 heteroatoms. The Bertz CT molecular complexity index is 862. The van der Waals surface area contributed by atoms with Crippen molar-refractivity contribution >= 4 is 31.3 Å². The summed E-state index contributed by atoms with van der Waals surface area (Å²) in [6.45, 7) is 6.51. The van der Waals surface area contributed by atoms with Crippen LogP contribution in [0.25, 0.3) is 11.0 Å². The van der Waals surface area contributed by atoms with Crippen LogP contribution in [0.5, 0.6) is 5.75 Å². The third-order valence-corrected chi connectivity index (χ3v) is 4.22. The lowest BCUT2D eigenvalue weighted by Crippen LogP contribution is -2.29. The van der Waals surface area contributed by atoms with Crippen molar-refractivity contribution in [2.24, 2.45) is 12.0 Å². The summed E-state index contributed by atoms with van der Waals surface area (Å²) in [5.41, 5.74) is 4.00. The summed E-state index contributed by atoms with van der Waals surface area (Å²) in [7, 11) is 0.336. The number of rotatable bonds is 4. The number of para-hydroxylation sites is 2. The fourth-order valence-electron chi connectivity index (χ4n) is 2.35. The molecular formula is C18H21N3OSi. The monoisotopic (exact) mass is 323 g/mol. The Labute approximate surface area is 137 Å². The largest absolute Gasteiger partial charge is 0.543 e. The van der Waals surface area contributed by atoms with Gasteiger partial charge in [-0.3, -0.25) is 4.99 Å². The van der Waals surface area contributed by atoms with E-state index in [1.54, 1.807) is 0 Å². The van der Waals surface area contributed by atoms with Crippen LogP contribution in [0.2, 0.25) is 19.6 Å². The molecule has 0 aliphatic carbocycles. The first kappa shape index (κ1) is 15.5. The highest BCUT2D eigenvalue weighted by atomic mass is 28.4. The minimum absolute atomic E-state index is 0.851. The van der Waals surface area contributed by atoms with Crippen molar-refractivity contribution in [2.75, 3.05) is 0 Å². The first-order valence-electron chi connectivity index (χ1n) is 7.65. The lowest BCUT2D eigenvalue weighted by molar-refractivity contribution is 0.559. The molecule has 0 radical (unpaired) electrons. The molecule has 23 heavy (non-hydrogen) atoms. The summed E-state index contributed by atoms with van der Waals surface area (Å²) in [4.78, 5) is 8.96. The van der Waals surface area contributed by atoms with E-state index in [1.807, 2.05) is 60.6 Å². The van der Waals surface area contributed by atoms with Gasteiger partial charge >= 0.3 is 0 Å². The molecule has 3 aromatic rings. The van der Waals surface area contributed by atoms with Gasteiger partial charge in [-0.2, -0.15) is 0 Å². The molecule has 1 heterocycles. The molecule has 0 aliphatic rings. The quantitative estimate of drug-likeness (QED) is 0.522. The van der Waals surface area contributed by atoms with Crippen molar-refractivity contribution in [2.45, 2.75) is 19.6 Å². The highest BCUT2D eigenvalue weighted by Gasteiger charge is 2.17. The summed E-state index contributed by atoms with van der Waals surface area (Å²) in [6, 6.07) is 14.1. The van der Waals surface area contributed by atoms with E-state index in [1.165, 1.54) is 0 Å². The number of aromatic nitrogens is 2. The van der Waals surface area contributed by atoms with Gasteiger partial charge in [0.25, 0.3) is 0 Å². The average Bonchev–Trinajstić information content (AvgIpc) is 2.86. The topological polar surface area (TPSA) is 39.4 Å². The van der Waals surface area contributed by atoms with E-state index in [0.29, 0.717) is 0 Å². The van der Waals surface area contributed by atoms with Gasteiger partial charge in [0, 0.05) is 13.3 Å². The van der Waals surface area contributed by atoms with Gasteiger partial charge in [-0.05, 0) is 49.5 Å². The SMILES string of the molecule is Cn1cnc2ccc(C=Nc3ccccc3O[Si](C)(C)C)cc21. The van der Waals surface area contributed by atoms with E-state index >= 15 is 0 Å². The Morgan fingerprint density at radius 1 is 1.13 bits per heavy atom. The van der Waals surface area contributed by atoms with Crippen molar-refractivity contribution in [3.05, 3.63) is 54.4 Å². The van der Waals surface area contributed by atoms with Gasteiger partial charge in [-0.1, -0.05) is 18.2 Å². The molecule has 0 N–H and O–H groups in total. The molecule has 0 fully saturated rings. The molecule has 0 bridgehead atoms. The number of hydrogen-bond donors (Lipinski definition) is 0. The van der Waals surface area contributed by atoms with Gasteiger partial charge < -0.3 is 8.99 Å². The summed E-state index contributed by atoms with van der Waals surface area (Å²) in [5, 5.41) is 0. The molecule has 0 amide bonds. The van der Waals surface area contributed by atoms with Crippen molar-refractivity contribution in [3.63, 3.8) is 0 Å². The maximum Gasteiger partial charge on any atom is 0.242 e. The van der Waals surface area contributed by atoms with E-state index in [0.717, 1.165) is 28.0 Å². The Morgan fingerprint density at radius 2 is 1.91 bits per heavy atom. The van der Waals surface area contributed by atoms with E-state index in [-0.39, 0.29) is 0 Å². The smallest absolute Gasteiger partial charge is 0.242 e. The molecule has 2 aromatic carbocycles. The zero-order chi connectivity index (χ0) is 16.4. The summed E-state index contributed by atoms with van der Waals surface area (Å²) in [6.07, 6.45) is 3.70. The van der Waals surface area contributed by atoms with Crippen molar-refractivity contribution in [1.29, 1.82) is 0 Å². The zero-order valence-corrected chi connectivity index (χ0v) is 14.9. The molecule has 0 spiro atoms. The first-order chi connectivity index (χ1) is 10.9. The second-order valence-corrected chi connectivity index (χ2v) is 11.0. The van der Waals surface area contributed by atoms with Crippen LogP contribution in [0.4, 0.5) is 5.69 Å². The summed E-state index contributed by atoms with van der Waals surface area (Å²) < 4.78 is 8.12. The van der Waals surface area contributed by atoms with Gasteiger partial charge in [-0.25, -0.2) is 4.98 Å². The van der Waals surface area contributed by atoms with Crippen LogP contribution in [0.3, 0.4) is 0 Å². The molecule has 0 aliphatic heterocycles. The van der Waals surface area contributed by atoms with Crippen LogP contribution in [-0.4, -0.2) is 24.1 Å². The fourth-order valence-corrected chi connectivity index (χ4v) is 3.18. The minimum atomic E-state index is -1.66. The maximum atomic E-state index is 6.11. The first-order valence-corrected chi connectivity index (χ1v) is 11.1. The van der Waals surface area contributed by atoms with Crippen LogP contribution in [0.15, 0.2) is 53.8 Å². The van der Waals surface area contributed by atoms with E-state index in [2.05, 4.69) is 35.7 Å². The summed E-state index contributed by atoms with van der Waals surface area (Å²) in [5.74, 6) is 0.851. The third kappa shape index (κ3) is 3.68. The highest BCUT2D eigenvalue weighted by molar-refractivity contribution is 6.70. The Kier molecular flexibility index (Phi) is 4.04. The molecule has 0 atom stereocenters. The van der Waals surface area contributed by atoms with Gasteiger partial charge in [0.2, 0.25) is 8.32 Å². The predicted molar refractivity (Wildman–Crippen MR) is 98.4 cm³/mol. The van der Waals surface area contributed by atoms with Crippen LogP contribution in [0.1, 0.15) is 5.56 Å². The normalized spacial score (nSPS) is 12.2. The molecule has 0 saturated heterocycles. The van der Waals surface area contributed by atoms with Crippen LogP contribution in [-0.2, 0) is 7.05 Å². The minimum Gasteiger partial charge on any atom is -0.543 e. The van der Waals surface area contributed by atoms with Crippen LogP contribution in [0, 0.1) is 0 Å². The average molecular weight is 323 g/mol. The van der Waals surface area contributed by atoms with Gasteiger partial charge in [-0.15, -0.1) is 0 Å². The number of aryl methyl sites for hydroxylation is 1. The van der Waals surface area contributed by atoms with E-state index in [9.17, 15) is 0 Å². The molecule has 118 valence electrons. The highest BCUT2D eigenvalue weighted by Crippen LogP contribution is 2.29. The predicted octanol–water partition coefficient (Wildman–Crippen LogP) is 4.54. The van der Waals surface area contributed by atoms with Gasteiger partial charge in [0.1, 0.15) is 11.4 Å². The van der Waals surface area contributed by atoms with Crippen LogP contribution >= 0.6 is 0 Å². The van der Waals surface area contributed by atoms with Crippen molar-refractivity contribution in [3.8, 4) is 5.75 Å². The third-order valence-electron chi connectivity index (χ3n) is 3.38. The van der Waals surface area contributed by atoms with E-state index < -0.39 is 8.32 Å². The van der Waals surface area contributed by atoms with Crippen LogP contribution < -0.4 is 4.43 Å². The number of benzene rings is 2. The lowest BCUT2D eigenvalue weighted by atomic mass is 10.2. The molecule has 0 saturated carbocycles. The second-order valence-electron chi connectivity index (χ2n) is 6.54. The Hall–Kier alpha value is -2.40. The molecule has 4 nitrogen and oxygen atoms in total.